The summed E-state index contributed by atoms with van der Waals surface area (Å²) in [4.78, 5) is 27.6. The molecule has 1 N–H and O–H groups in total. The van der Waals surface area contributed by atoms with Gasteiger partial charge in [0, 0.05) is 26.1 Å². The number of hydrogen-bond donors (Lipinski definition) is 1. The smallest absolute Gasteiger partial charge is 0.242 e. The fraction of sp³-hybridized carbons (Fsp3) is 0.440. The van der Waals surface area contributed by atoms with Crippen LogP contribution in [-0.4, -0.2) is 50.5 Å². The molecule has 2 amide bonds. The lowest BCUT2D eigenvalue weighted by molar-refractivity contribution is -0.141. The first-order valence-electron chi connectivity index (χ1n) is 11.3. The van der Waals surface area contributed by atoms with E-state index in [1.54, 1.807) is 29.2 Å². The van der Waals surface area contributed by atoms with E-state index in [1.807, 2.05) is 51.1 Å². The molecule has 0 saturated heterocycles. The van der Waals surface area contributed by atoms with Gasteiger partial charge in [-0.05, 0) is 44.4 Å². The van der Waals surface area contributed by atoms with Gasteiger partial charge in [-0.1, -0.05) is 55.0 Å². The third-order valence-corrected chi connectivity index (χ3v) is 6.60. The Balaban J connectivity index is 2.17. The number of anilines is 1. The molecule has 0 aliphatic rings. The maximum absolute atomic E-state index is 13.3. The second-order valence-corrected chi connectivity index (χ2v) is 10.0. The van der Waals surface area contributed by atoms with Crippen LogP contribution in [0.3, 0.4) is 0 Å². The third-order valence-electron chi connectivity index (χ3n) is 5.41. The Morgan fingerprint density at radius 3 is 2.18 bits per heavy atom. The summed E-state index contributed by atoms with van der Waals surface area (Å²) < 4.78 is 25.9. The zero-order chi connectivity index (χ0) is 24.4. The summed E-state index contributed by atoms with van der Waals surface area (Å²) >= 11 is 0. The normalized spacial score (nSPS) is 12.1. The van der Waals surface area contributed by atoms with Gasteiger partial charge in [-0.15, -0.1) is 0 Å². The maximum Gasteiger partial charge on any atom is 0.242 e. The molecule has 33 heavy (non-hydrogen) atoms. The molecular weight excluding hydrogens is 438 g/mol. The summed E-state index contributed by atoms with van der Waals surface area (Å²) in [7, 11) is -3.49. The van der Waals surface area contributed by atoms with Gasteiger partial charge in [0.25, 0.3) is 0 Å². The molecule has 0 aliphatic carbocycles. The highest BCUT2D eigenvalue weighted by Gasteiger charge is 2.28. The van der Waals surface area contributed by atoms with E-state index in [0.717, 1.165) is 17.4 Å². The first-order chi connectivity index (χ1) is 15.7. The zero-order valence-corrected chi connectivity index (χ0v) is 20.8. The number of sulfonamides is 1. The Hall–Kier alpha value is -2.87. The van der Waals surface area contributed by atoms with Gasteiger partial charge < -0.3 is 10.2 Å². The Kier molecular flexibility index (Phi) is 9.91. The lowest BCUT2D eigenvalue weighted by atomic mass is 10.1. The predicted octanol–water partition coefficient (Wildman–Crippen LogP) is 3.48. The molecule has 0 aromatic heterocycles. The molecule has 0 heterocycles. The summed E-state index contributed by atoms with van der Waals surface area (Å²) in [6, 6.07) is 16.1. The minimum absolute atomic E-state index is 0.140. The highest BCUT2D eigenvalue weighted by molar-refractivity contribution is 7.92. The number of carbonyl (C=O) groups is 2. The molecule has 1 atom stereocenters. The predicted molar refractivity (Wildman–Crippen MR) is 132 cm³/mol. The van der Waals surface area contributed by atoms with Crippen molar-refractivity contribution in [2.24, 2.45) is 0 Å². The van der Waals surface area contributed by atoms with Crippen LogP contribution in [0.1, 0.15) is 44.2 Å². The number of nitrogens with zero attached hydrogens (tertiary/aromatic N) is 2. The van der Waals surface area contributed by atoms with Crippen LogP contribution in [0, 0.1) is 6.92 Å². The molecule has 0 unspecified atom stereocenters. The van der Waals surface area contributed by atoms with Crippen molar-refractivity contribution < 1.29 is 18.0 Å². The summed E-state index contributed by atoms with van der Waals surface area (Å²) in [6.07, 6.45) is 2.13. The molecule has 0 aliphatic heterocycles. The number of para-hydroxylation sites is 1. The van der Waals surface area contributed by atoms with E-state index >= 15 is 0 Å². The van der Waals surface area contributed by atoms with Crippen LogP contribution in [0.15, 0.2) is 54.6 Å². The highest BCUT2D eigenvalue weighted by Crippen LogP contribution is 2.19. The van der Waals surface area contributed by atoms with Crippen LogP contribution in [0.4, 0.5) is 5.69 Å². The average molecular weight is 474 g/mol. The third kappa shape index (κ3) is 7.89. The van der Waals surface area contributed by atoms with Crippen molar-refractivity contribution in [3.63, 3.8) is 0 Å². The standard InChI is InChI=1S/C25H35N3O4S/c1-5-23(25(30)26-6-2)27(19-21-16-14-20(3)15-17-21)24(29)13-10-18-28(33(4,31)32)22-11-8-7-9-12-22/h7-9,11-12,14-17,23H,5-6,10,13,18-19H2,1-4H3,(H,26,30)/t23-/m1/s1. The molecule has 0 fully saturated rings. The number of benzene rings is 2. The van der Waals surface area contributed by atoms with E-state index in [0.29, 0.717) is 31.6 Å². The number of amides is 2. The first-order valence-corrected chi connectivity index (χ1v) is 13.2. The van der Waals surface area contributed by atoms with Crippen LogP contribution < -0.4 is 9.62 Å². The second-order valence-electron chi connectivity index (χ2n) is 8.10. The Labute approximate surface area is 197 Å². The number of carbonyl (C=O) groups excluding carboxylic acids is 2. The summed E-state index contributed by atoms with van der Waals surface area (Å²) in [5.74, 6) is -0.349. The van der Waals surface area contributed by atoms with Crippen molar-refractivity contribution in [2.75, 3.05) is 23.7 Å². The van der Waals surface area contributed by atoms with Gasteiger partial charge in [-0.25, -0.2) is 8.42 Å². The number of rotatable bonds is 12. The molecule has 0 spiro atoms. The van der Waals surface area contributed by atoms with Gasteiger partial charge in [0.2, 0.25) is 21.8 Å². The topological polar surface area (TPSA) is 86.8 Å². The fourth-order valence-corrected chi connectivity index (χ4v) is 4.67. The van der Waals surface area contributed by atoms with Gasteiger partial charge in [0.05, 0.1) is 11.9 Å². The average Bonchev–Trinajstić information content (AvgIpc) is 2.77. The summed E-state index contributed by atoms with van der Waals surface area (Å²) in [5.41, 5.74) is 2.63. The quantitative estimate of drug-likeness (QED) is 0.511. The van der Waals surface area contributed by atoms with Gasteiger partial charge in [0.1, 0.15) is 6.04 Å². The zero-order valence-electron chi connectivity index (χ0n) is 20.0. The molecule has 8 heteroatoms. The number of likely N-dealkylation sites (N-methyl/N-ethyl adjacent to an activating group) is 1. The van der Waals surface area contributed by atoms with Gasteiger partial charge in [-0.2, -0.15) is 0 Å². The molecule has 180 valence electrons. The Bertz CT molecular complexity index is 1010. The Morgan fingerprint density at radius 1 is 1.00 bits per heavy atom. The van der Waals surface area contributed by atoms with Crippen molar-refractivity contribution in [1.82, 2.24) is 10.2 Å². The van der Waals surface area contributed by atoms with Gasteiger partial charge in [0.15, 0.2) is 0 Å². The van der Waals surface area contributed by atoms with Crippen LogP contribution in [-0.2, 0) is 26.2 Å². The first kappa shape index (κ1) is 26.4. The summed E-state index contributed by atoms with van der Waals surface area (Å²) in [5, 5.41) is 2.82. The van der Waals surface area contributed by atoms with E-state index in [2.05, 4.69) is 5.32 Å². The molecule has 0 radical (unpaired) electrons. The van der Waals surface area contributed by atoms with E-state index < -0.39 is 16.1 Å². The van der Waals surface area contributed by atoms with Crippen molar-refractivity contribution in [3.8, 4) is 0 Å². The second kappa shape index (κ2) is 12.4. The summed E-state index contributed by atoms with van der Waals surface area (Å²) in [6.45, 7) is 6.73. The van der Waals surface area contributed by atoms with Gasteiger partial charge in [-0.3, -0.25) is 13.9 Å². The monoisotopic (exact) mass is 473 g/mol. The van der Waals surface area contributed by atoms with E-state index in [9.17, 15) is 18.0 Å². The lowest BCUT2D eigenvalue weighted by Gasteiger charge is -2.31. The van der Waals surface area contributed by atoms with E-state index in [-0.39, 0.29) is 24.8 Å². The van der Waals surface area contributed by atoms with Crippen LogP contribution in [0.2, 0.25) is 0 Å². The Morgan fingerprint density at radius 2 is 1.64 bits per heavy atom. The molecule has 2 aromatic rings. The number of nitrogens with one attached hydrogen (secondary N) is 1. The molecule has 7 nitrogen and oxygen atoms in total. The largest absolute Gasteiger partial charge is 0.355 e. The van der Waals surface area contributed by atoms with Crippen molar-refractivity contribution in [2.45, 2.75) is 52.6 Å². The SMILES string of the molecule is CCNC(=O)[C@@H](CC)N(Cc1ccc(C)cc1)C(=O)CCCN(c1ccccc1)S(C)(=O)=O. The highest BCUT2D eigenvalue weighted by atomic mass is 32.2. The molecule has 2 rings (SSSR count). The van der Waals surface area contributed by atoms with Crippen LogP contribution in [0.25, 0.3) is 0 Å². The molecule has 0 saturated carbocycles. The molecule has 2 aromatic carbocycles. The minimum Gasteiger partial charge on any atom is -0.355 e. The van der Waals surface area contributed by atoms with Crippen molar-refractivity contribution in [1.29, 1.82) is 0 Å². The fourth-order valence-electron chi connectivity index (χ4n) is 3.70. The number of aryl methyl sites for hydroxylation is 1. The molecule has 0 bridgehead atoms. The van der Waals surface area contributed by atoms with E-state index in [1.165, 1.54) is 4.31 Å². The van der Waals surface area contributed by atoms with Crippen LogP contribution >= 0.6 is 0 Å². The maximum atomic E-state index is 13.3. The lowest BCUT2D eigenvalue weighted by Crippen LogP contribution is -2.49. The minimum atomic E-state index is -3.49. The van der Waals surface area contributed by atoms with Crippen molar-refractivity contribution in [3.05, 3.63) is 65.7 Å². The van der Waals surface area contributed by atoms with Crippen molar-refractivity contribution >= 4 is 27.5 Å². The van der Waals surface area contributed by atoms with Gasteiger partial charge >= 0.3 is 0 Å². The van der Waals surface area contributed by atoms with E-state index in [4.69, 9.17) is 0 Å². The number of hydrogen-bond acceptors (Lipinski definition) is 4. The molecular formula is C25H35N3O4S. The van der Waals surface area contributed by atoms with Crippen LogP contribution in [0.5, 0.6) is 0 Å².